The first-order valence-corrected chi connectivity index (χ1v) is 12.2. The summed E-state index contributed by atoms with van der Waals surface area (Å²) in [4.78, 5) is 0. The van der Waals surface area contributed by atoms with E-state index in [-0.39, 0.29) is 0 Å². The molecule has 0 N–H and O–H groups in total. The molecule has 1 rings (SSSR count). The number of hydrogen-bond acceptors (Lipinski definition) is 1. The van der Waals surface area contributed by atoms with E-state index in [0.717, 1.165) is 53.0 Å². The first-order chi connectivity index (χ1) is 14.1. The molecule has 0 aromatic heterocycles. The third-order valence-electron chi connectivity index (χ3n) is 6.53. The van der Waals surface area contributed by atoms with E-state index in [4.69, 9.17) is 11.2 Å². The molecule has 0 aliphatic heterocycles. The molecule has 0 amide bonds. The molecule has 1 aromatic carbocycles. The van der Waals surface area contributed by atoms with E-state index in [1.54, 1.807) is 0 Å². The first kappa shape index (κ1) is 26.6. The SMILES string of the molecule is C#C[C@](C)(CCCC(C)CCCC(C)CCCC(C)C)Oc1cc(C)[c]c(C)c1C. The average Bonchev–Trinajstić information content (AvgIpc) is 2.65. The maximum absolute atomic E-state index is 6.34. The van der Waals surface area contributed by atoms with Crippen molar-refractivity contribution in [3.05, 3.63) is 28.8 Å². The zero-order chi connectivity index (χ0) is 22.7. The number of benzene rings is 1. The van der Waals surface area contributed by atoms with Crippen molar-refractivity contribution >= 4 is 0 Å². The van der Waals surface area contributed by atoms with Crippen LogP contribution in [0.15, 0.2) is 6.07 Å². The van der Waals surface area contributed by atoms with Crippen LogP contribution in [0.2, 0.25) is 0 Å². The lowest BCUT2D eigenvalue weighted by Gasteiger charge is -2.27. The summed E-state index contributed by atoms with van der Waals surface area (Å²) in [5.41, 5.74) is 2.82. The zero-order valence-corrected chi connectivity index (χ0v) is 21.2. The molecule has 1 radical (unpaired) electrons. The predicted molar refractivity (Wildman–Crippen MR) is 132 cm³/mol. The van der Waals surface area contributed by atoms with Crippen LogP contribution in [0.3, 0.4) is 0 Å². The normalized spacial score (nSPS) is 15.5. The average molecular weight is 412 g/mol. The molecule has 30 heavy (non-hydrogen) atoms. The molecule has 0 spiro atoms. The van der Waals surface area contributed by atoms with Crippen LogP contribution in [-0.2, 0) is 0 Å². The molecular formula is C29H47O. The highest BCUT2D eigenvalue weighted by atomic mass is 16.5. The van der Waals surface area contributed by atoms with Crippen molar-refractivity contribution in [1.82, 2.24) is 0 Å². The minimum Gasteiger partial charge on any atom is -0.475 e. The van der Waals surface area contributed by atoms with Gasteiger partial charge in [-0.05, 0) is 87.1 Å². The Bertz CT molecular complexity index is 666. The van der Waals surface area contributed by atoms with E-state index in [2.05, 4.69) is 73.4 Å². The lowest BCUT2D eigenvalue weighted by Crippen LogP contribution is -2.31. The largest absolute Gasteiger partial charge is 0.475 e. The Morgan fingerprint density at radius 1 is 0.933 bits per heavy atom. The Balaban J connectivity index is 2.37. The number of terminal acetylenes is 1. The Labute approximate surface area is 188 Å². The number of aryl methyl sites for hydroxylation is 2. The van der Waals surface area contributed by atoms with Gasteiger partial charge in [-0.25, -0.2) is 0 Å². The molecule has 169 valence electrons. The van der Waals surface area contributed by atoms with Crippen LogP contribution >= 0.6 is 0 Å². The molecule has 0 saturated carbocycles. The maximum Gasteiger partial charge on any atom is 0.166 e. The smallest absolute Gasteiger partial charge is 0.166 e. The van der Waals surface area contributed by atoms with Gasteiger partial charge in [-0.3, -0.25) is 0 Å². The van der Waals surface area contributed by atoms with E-state index in [0.29, 0.717) is 0 Å². The molecule has 0 aliphatic rings. The van der Waals surface area contributed by atoms with Crippen LogP contribution in [0.5, 0.6) is 5.75 Å². The molecule has 3 atom stereocenters. The standard InChI is InChI=1S/C29H47O/c1-10-29(9,30-28-21-25(6)20-26(7)27(28)8)19-13-18-24(5)17-12-16-23(4)15-11-14-22(2)3/h1,21-24H,11-19H2,2-9H3/t23?,24?,29-/m1/s1. The van der Waals surface area contributed by atoms with E-state index < -0.39 is 5.60 Å². The van der Waals surface area contributed by atoms with Crippen LogP contribution in [-0.4, -0.2) is 5.60 Å². The van der Waals surface area contributed by atoms with Gasteiger partial charge < -0.3 is 4.74 Å². The van der Waals surface area contributed by atoms with Gasteiger partial charge in [0.15, 0.2) is 5.60 Å². The van der Waals surface area contributed by atoms with Crippen LogP contribution in [0.25, 0.3) is 0 Å². The molecule has 0 fully saturated rings. The van der Waals surface area contributed by atoms with Crippen molar-refractivity contribution in [3.63, 3.8) is 0 Å². The van der Waals surface area contributed by atoms with E-state index >= 15 is 0 Å². The van der Waals surface area contributed by atoms with Crippen molar-refractivity contribution in [3.8, 4) is 18.1 Å². The van der Waals surface area contributed by atoms with Crippen LogP contribution in [0, 0.1) is 56.9 Å². The Kier molecular flexibility index (Phi) is 11.6. The Morgan fingerprint density at radius 2 is 1.47 bits per heavy atom. The van der Waals surface area contributed by atoms with E-state index in [1.807, 2.05) is 0 Å². The van der Waals surface area contributed by atoms with Gasteiger partial charge in [-0.15, -0.1) is 6.42 Å². The number of ether oxygens (including phenoxy) is 1. The quantitative estimate of drug-likeness (QED) is 0.278. The van der Waals surface area contributed by atoms with E-state index in [1.165, 1.54) is 44.9 Å². The second kappa shape index (κ2) is 13.1. The zero-order valence-electron chi connectivity index (χ0n) is 21.2. The van der Waals surface area contributed by atoms with Crippen LogP contribution < -0.4 is 4.74 Å². The minimum atomic E-state index is -0.546. The third-order valence-corrected chi connectivity index (χ3v) is 6.53. The fourth-order valence-electron chi connectivity index (χ4n) is 4.18. The van der Waals surface area contributed by atoms with Gasteiger partial charge in [0.1, 0.15) is 5.75 Å². The van der Waals surface area contributed by atoms with Crippen LogP contribution in [0.4, 0.5) is 0 Å². The van der Waals surface area contributed by atoms with Crippen molar-refractivity contribution in [2.24, 2.45) is 17.8 Å². The van der Waals surface area contributed by atoms with Gasteiger partial charge in [0.2, 0.25) is 0 Å². The van der Waals surface area contributed by atoms with Gasteiger partial charge in [0, 0.05) is 0 Å². The molecular weight excluding hydrogens is 364 g/mol. The predicted octanol–water partition coefficient (Wildman–Crippen LogP) is 8.62. The summed E-state index contributed by atoms with van der Waals surface area (Å²) < 4.78 is 6.34. The fraction of sp³-hybridized carbons (Fsp3) is 0.724. The van der Waals surface area contributed by atoms with Gasteiger partial charge in [-0.1, -0.05) is 78.6 Å². The molecule has 1 nitrogen and oxygen atoms in total. The Hall–Kier alpha value is -1.42. The molecule has 2 unspecified atom stereocenters. The molecule has 0 bridgehead atoms. The molecule has 1 aromatic rings. The van der Waals surface area contributed by atoms with Crippen molar-refractivity contribution in [1.29, 1.82) is 0 Å². The third kappa shape index (κ3) is 10.1. The highest BCUT2D eigenvalue weighted by molar-refractivity contribution is 5.42. The summed E-state index contributed by atoms with van der Waals surface area (Å²) in [5.74, 6) is 6.29. The summed E-state index contributed by atoms with van der Waals surface area (Å²) in [6, 6.07) is 5.41. The van der Waals surface area contributed by atoms with Crippen molar-refractivity contribution < 1.29 is 4.74 Å². The summed E-state index contributed by atoms with van der Waals surface area (Å²) in [6.07, 6.45) is 17.3. The summed E-state index contributed by atoms with van der Waals surface area (Å²) in [7, 11) is 0. The molecule has 1 heteroatoms. The van der Waals surface area contributed by atoms with Crippen molar-refractivity contribution in [2.45, 2.75) is 119 Å². The van der Waals surface area contributed by atoms with Gasteiger partial charge in [0.25, 0.3) is 0 Å². The molecule has 0 saturated heterocycles. The summed E-state index contributed by atoms with van der Waals surface area (Å²) in [6.45, 7) is 17.7. The summed E-state index contributed by atoms with van der Waals surface area (Å²) >= 11 is 0. The molecule has 0 aliphatic carbocycles. The maximum atomic E-state index is 6.34. The minimum absolute atomic E-state index is 0.546. The molecule has 0 heterocycles. The second-order valence-electron chi connectivity index (χ2n) is 10.4. The lowest BCUT2D eigenvalue weighted by molar-refractivity contribution is 0.134. The fourth-order valence-corrected chi connectivity index (χ4v) is 4.18. The summed E-state index contributed by atoms with van der Waals surface area (Å²) in [5, 5.41) is 0. The highest BCUT2D eigenvalue weighted by Crippen LogP contribution is 2.30. The topological polar surface area (TPSA) is 9.23 Å². The highest BCUT2D eigenvalue weighted by Gasteiger charge is 2.24. The van der Waals surface area contributed by atoms with E-state index in [9.17, 15) is 0 Å². The Morgan fingerprint density at radius 3 is 2.00 bits per heavy atom. The van der Waals surface area contributed by atoms with Crippen molar-refractivity contribution in [2.75, 3.05) is 0 Å². The number of rotatable bonds is 14. The van der Waals surface area contributed by atoms with Crippen LogP contribution in [0.1, 0.15) is 109 Å². The van der Waals surface area contributed by atoms with Gasteiger partial charge in [0.05, 0.1) is 0 Å². The second-order valence-corrected chi connectivity index (χ2v) is 10.4. The van der Waals surface area contributed by atoms with Gasteiger partial charge in [-0.2, -0.15) is 0 Å². The van der Waals surface area contributed by atoms with Gasteiger partial charge >= 0.3 is 0 Å². The first-order valence-electron chi connectivity index (χ1n) is 12.2. The number of hydrogen-bond donors (Lipinski definition) is 0. The monoisotopic (exact) mass is 411 g/mol. The lowest BCUT2D eigenvalue weighted by atomic mass is 9.90.